The van der Waals surface area contributed by atoms with E-state index in [0.717, 1.165) is 17.7 Å². The number of hydrogen-bond donors (Lipinski definition) is 0. The molecule has 2 aromatic carbocycles. The van der Waals surface area contributed by atoms with E-state index in [0.29, 0.717) is 12.5 Å². The Morgan fingerprint density at radius 1 is 1.19 bits per heavy atom. The van der Waals surface area contributed by atoms with Crippen molar-refractivity contribution in [3.63, 3.8) is 0 Å². The fraction of sp³-hybridized carbons (Fsp3) is 0.294. The molecule has 0 aliphatic carbocycles. The first-order valence-electron chi connectivity index (χ1n) is 7.06. The second kappa shape index (κ2) is 6.88. The van der Waals surface area contributed by atoms with Crippen molar-refractivity contribution < 1.29 is 9.66 Å². The minimum absolute atomic E-state index is 0.0863. The zero-order valence-electron chi connectivity index (χ0n) is 12.3. The summed E-state index contributed by atoms with van der Waals surface area (Å²) in [4.78, 5) is 10.3. The number of hydrogen-bond acceptors (Lipinski definition) is 3. The van der Waals surface area contributed by atoms with Crippen LogP contribution in [0.25, 0.3) is 0 Å². The van der Waals surface area contributed by atoms with Gasteiger partial charge >= 0.3 is 0 Å². The monoisotopic (exact) mass is 285 g/mol. The summed E-state index contributed by atoms with van der Waals surface area (Å²) in [6.07, 6.45) is 1.11. The summed E-state index contributed by atoms with van der Waals surface area (Å²) in [7, 11) is 0. The van der Waals surface area contributed by atoms with Crippen LogP contribution in [0, 0.1) is 10.1 Å². The molecule has 0 saturated carbocycles. The van der Waals surface area contributed by atoms with Crippen molar-refractivity contribution in [2.24, 2.45) is 0 Å². The van der Waals surface area contributed by atoms with Crippen LogP contribution in [0.15, 0.2) is 48.5 Å². The molecule has 0 aliphatic rings. The van der Waals surface area contributed by atoms with Crippen molar-refractivity contribution >= 4 is 5.69 Å². The number of nitro benzene ring substituents is 1. The highest BCUT2D eigenvalue weighted by Crippen LogP contribution is 2.22. The van der Waals surface area contributed by atoms with Gasteiger partial charge in [-0.3, -0.25) is 10.1 Å². The molecule has 110 valence electrons. The molecule has 2 aromatic rings. The third-order valence-corrected chi connectivity index (χ3v) is 3.59. The smallest absolute Gasteiger partial charge is 0.269 e. The maximum absolute atomic E-state index is 10.7. The van der Waals surface area contributed by atoms with E-state index in [4.69, 9.17) is 4.74 Å². The van der Waals surface area contributed by atoms with Gasteiger partial charge in [0.05, 0.1) is 4.92 Å². The molecule has 0 saturated heterocycles. The molecule has 1 atom stereocenters. The molecule has 0 bridgehead atoms. The maximum Gasteiger partial charge on any atom is 0.269 e. The van der Waals surface area contributed by atoms with Gasteiger partial charge in [-0.15, -0.1) is 0 Å². The predicted molar refractivity (Wildman–Crippen MR) is 82.6 cm³/mol. The highest BCUT2D eigenvalue weighted by Gasteiger charge is 2.06. The molecule has 4 heteroatoms. The molecule has 0 fully saturated rings. The van der Waals surface area contributed by atoms with E-state index in [1.807, 2.05) is 18.2 Å². The van der Waals surface area contributed by atoms with Gasteiger partial charge in [-0.05, 0) is 35.6 Å². The van der Waals surface area contributed by atoms with Crippen molar-refractivity contribution in [1.82, 2.24) is 0 Å². The van der Waals surface area contributed by atoms with Crippen molar-refractivity contribution in [3.05, 3.63) is 69.8 Å². The Balaban J connectivity index is 1.99. The Morgan fingerprint density at radius 2 is 1.90 bits per heavy atom. The van der Waals surface area contributed by atoms with E-state index in [1.54, 1.807) is 6.07 Å². The topological polar surface area (TPSA) is 52.4 Å². The van der Waals surface area contributed by atoms with Gasteiger partial charge in [0, 0.05) is 12.1 Å². The zero-order chi connectivity index (χ0) is 15.2. The lowest BCUT2D eigenvalue weighted by Crippen LogP contribution is -1.97. The lowest BCUT2D eigenvalue weighted by atomic mass is 9.99. The standard InChI is InChI=1S/C17H19NO3/c1-3-13(2)15-7-9-17(10-8-15)21-12-14-5-4-6-16(11-14)18(19)20/h4-11,13H,3,12H2,1-2H3. The number of nitrogens with zero attached hydrogens (tertiary/aromatic N) is 1. The number of nitro groups is 1. The largest absolute Gasteiger partial charge is 0.489 e. The van der Waals surface area contributed by atoms with Gasteiger partial charge in [-0.1, -0.05) is 38.1 Å². The summed E-state index contributed by atoms with van der Waals surface area (Å²) in [6, 6.07) is 14.5. The summed E-state index contributed by atoms with van der Waals surface area (Å²) in [5, 5.41) is 10.7. The highest BCUT2D eigenvalue weighted by molar-refractivity contribution is 5.34. The van der Waals surface area contributed by atoms with E-state index in [9.17, 15) is 10.1 Å². The fourth-order valence-electron chi connectivity index (χ4n) is 2.05. The van der Waals surface area contributed by atoms with Gasteiger partial charge in [0.25, 0.3) is 5.69 Å². The van der Waals surface area contributed by atoms with Gasteiger partial charge in [0.2, 0.25) is 0 Å². The van der Waals surface area contributed by atoms with Crippen molar-refractivity contribution in [2.45, 2.75) is 32.8 Å². The van der Waals surface area contributed by atoms with E-state index in [2.05, 4.69) is 26.0 Å². The molecule has 0 radical (unpaired) electrons. The molecular formula is C17H19NO3. The molecule has 0 heterocycles. The minimum atomic E-state index is -0.398. The maximum atomic E-state index is 10.7. The SMILES string of the molecule is CCC(C)c1ccc(OCc2cccc([N+](=O)[O-])c2)cc1. The molecule has 21 heavy (non-hydrogen) atoms. The summed E-state index contributed by atoms with van der Waals surface area (Å²) >= 11 is 0. The van der Waals surface area contributed by atoms with Crippen LogP contribution < -0.4 is 4.74 Å². The lowest BCUT2D eigenvalue weighted by molar-refractivity contribution is -0.384. The molecule has 2 rings (SSSR count). The van der Waals surface area contributed by atoms with Gasteiger partial charge in [-0.25, -0.2) is 0 Å². The van der Waals surface area contributed by atoms with Crippen LogP contribution >= 0.6 is 0 Å². The quantitative estimate of drug-likeness (QED) is 0.571. The second-order valence-corrected chi connectivity index (χ2v) is 5.09. The van der Waals surface area contributed by atoms with Crippen molar-refractivity contribution in [1.29, 1.82) is 0 Å². The first-order chi connectivity index (χ1) is 10.1. The molecule has 4 nitrogen and oxygen atoms in total. The van der Waals surface area contributed by atoms with Crippen molar-refractivity contribution in [2.75, 3.05) is 0 Å². The van der Waals surface area contributed by atoms with E-state index >= 15 is 0 Å². The molecule has 1 unspecified atom stereocenters. The van der Waals surface area contributed by atoms with Crippen LogP contribution in [0.5, 0.6) is 5.75 Å². The van der Waals surface area contributed by atoms with Crippen LogP contribution in [-0.2, 0) is 6.61 Å². The van der Waals surface area contributed by atoms with Gasteiger partial charge in [0.15, 0.2) is 0 Å². The Bertz CT molecular complexity index is 608. The number of benzene rings is 2. The fourth-order valence-corrected chi connectivity index (χ4v) is 2.05. The number of ether oxygens (including phenoxy) is 1. The average molecular weight is 285 g/mol. The number of non-ortho nitro benzene ring substituents is 1. The van der Waals surface area contributed by atoms with Crippen LogP contribution in [0.3, 0.4) is 0 Å². The van der Waals surface area contributed by atoms with Gasteiger partial charge < -0.3 is 4.74 Å². The minimum Gasteiger partial charge on any atom is -0.489 e. The molecule has 0 N–H and O–H groups in total. The lowest BCUT2D eigenvalue weighted by Gasteiger charge is -2.10. The van der Waals surface area contributed by atoms with Crippen LogP contribution in [0.2, 0.25) is 0 Å². The third-order valence-electron chi connectivity index (χ3n) is 3.59. The Hall–Kier alpha value is -2.36. The normalized spacial score (nSPS) is 11.9. The Morgan fingerprint density at radius 3 is 2.52 bits per heavy atom. The predicted octanol–water partition coefficient (Wildman–Crippen LogP) is 4.69. The van der Waals surface area contributed by atoms with Crippen molar-refractivity contribution in [3.8, 4) is 5.75 Å². The molecule has 0 aliphatic heterocycles. The van der Waals surface area contributed by atoms with E-state index < -0.39 is 4.92 Å². The van der Waals surface area contributed by atoms with Gasteiger partial charge in [-0.2, -0.15) is 0 Å². The average Bonchev–Trinajstić information content (AvgIpc) is 2.53. The summed E-state index contributed by atoms with van der Waals surface area (Å²) in [5.74, 6) is 1.31. The first kappa shape index (κ1) is 15.0. The summed E-state index contributed by atoms with van der Waals surface area (Å²) in [5.41, 5.74) is 2.17. The van der Waals surface area contributed by atoms with E-state index in [-0.39, 0.29) is 5.69 Å². The van der Waals surface area contributed by atoms with Gasteiger partial charge in [0.1, 0.15) is 12.4 Å². The Kier molecular flexibility index (Phi) is 4.93. The third kappa shape index (κ3) is 4.05. The summed E-state index contributed by atoms with van der Waals surface area (Å²) < 4.78 is 5.67. The van der Waals surface area contributed by atoms with Crippen LogP contribution in [0.1, 0.15) is 37.3 Å². The molecular weight excluding hydrogens is 266 g/mol. The number of rotatable bonds is 6. The highest BCUT2D eigenvalue weighted by atomic mass is 16.6. The molecule has 0 aromatic heterocycles. The van der Waals surface area contributed by atoms with Crippen LogP contribution in [-0.4, -0.2) is 4.92 Å². The molecule has 0 amide bonds. The Labute approximate surface area is 124 Å². The zero-order valence-corrected chi connectivity index (χ0v) is 12.3. The molecule has 0 spiro atoms. The van der Waals surface area contributed by atoms with E-state index in [1.165, 1.54) is 17.7 Å². The van der Waals surface area contributed by atoms with Crippen LogP contribution in [0.4, 0.5) is 5.69 Å². The second-order valence-electron chi connectivity index (χ2n) is 5.09. The first-order valence-corrected chi connectivity index (χ1v) is 7.06. The summed E-state index contributed by atoms with van der Waals surface area (Å²) in [6.45, 7) is 4.68.